The summed E-state index contributed by atoms with van der Waals surface area (Å²) in [5.41, 5.74) is 1.24. The van der Waals surface area contributed by atoms with Crippen molar-refractivity contribution in [3.05, 3.63) is 33.3 Å². The predicted molar refractivity (Wildman–Crippen MR) is 69.4 cm³/mol. The maximum absolute atomic E-state index is 5.86. The van der Waals surface area contributed by atoms with Crippen molar-refractivity contribution >= 4 is 27.5 Å². The summed E-state index contributed by atoms with van der Waals surface area (Å²) in [7, 11) is 1.97. The molecule has 0 unspecified atom stereocenters. The maximum Gasteiger partial charge on any atom is 0.0417 e. The van der Waals surface area contributed by atoms with Gasteiger partial charge in [0.05, 0.1) is 0 Å². The summed E-state index contributed by atoms with van der Waals surface area (Å²) in [6.07, 6.45) is 1.14. The van der Waals surface area contributed by atoms with Gasteiger partial charge in [0.15, 0.2) is 0 Å². The summed E-state index contributed by atoms with van der Waals surface area (Å²) in [5, 5.41) is 7.27. The third-order valence-corrected chi connectivity index (χ3v) is 3.08. The lowest BCUT2D eigenvalue weighted by atomic mass is 10.2. The molecule has 1 rings (SSSR count). The molecule has 0 aliphatic heterocycles. The summed E-state index contributed by atoms with van der Waals surface area (Å²) in [6.45, 7) is 2.95. The second-order valence-corrected chi connectivity index (χ2v) is 4.66. The minimum atomic E-state index is 0.765. The van der Waals surface area contributed by atoms with E-state index in [1.165, 1.54) is 5.56 Å². The van der Waals surface area contributed by atoms with Crippen LogP contribution in [0.5, 0.6) is 0 Å². The Labute approximate surface area is 105 Å². The molecule has 0 atom stereocenters. The summed E-state index contributed by atoms with van der Waals surface area (Å²) < 4.78 is 1.07. The van der Waals surface area contributed by atoms with Crippen LogP contribution >= 0.6 is 27.5 Å². The minimum absolute atomic E-state index is 0.765. The van der Waals surface area contributed by atoms with Crippen molar-refractivity contribution in [1.29, 1.82) is 0 Å². The number of rotatable bonds is 6. The van der Waals surface area contributed by atoms with Crippen molar-refractivity contribution in [3.63, 3.8) is 0 Å². The van der Waals surface area contributed by atoms with E-state index < -0.39 is 0 Å². The lowest BCUT2D eigenvalue weighted by Crippen LogP contribution is -2.19. The molecule has 2 N–H and O–H groups in total. The Morgan fingerprint density at radius 3 is 2.80 bits per heavy atom. The second-order valence-electron chi connectivity index (χ2n) is 3.37. The lowest BCUT2D eigenvalue weighted by Gasteiger charge is -2.07. The van der Waals surface area contributed by atoms with Crippen LogP contribution in [0.2, 0.25) is 5.02 Å². The van der Waals surface area contributed by atoms with Gasteiger partial charge in [-0.2, -0.15) is 0 Å². The Kier molecular flexibility index (Phi) is 6.25. The molecule has 1 aromatic carbocycles. The molecule has 0 bridgehead atoms. The molecule has 0 fully saturated rings. The Hall–Kier alpha value is -0.0900. The smallest absolute Gasteiger partial charge is 0.0417 e. The van der Waals surface area contributed by atoms with Crippen LogP contribution < -0.4 is 10.6 Å². The fourth-order valence-corrected chi connectivity index (χ4v) is 2.10. The fraction of sp³-hybridized carbons (Fsp3) is 0.455. The molecule has 1 aromatic rings. The van der Waals surface area contributed by atoms with Crippen molar-refractivity contribution in [2.75, 3.05) is 20.1 Å². The van der Waals surface area contributed by atoms with Gasteiger partial charge >= 0.3 is 0 Å². The molecular formula is C11H16BrClN2. The number of halogens is 2. The fourth-order valence-electron chi connectivity index (χ4n) is 1.28. The molecule has 0 aromatic heterocycles. The molecular weight excluding hydrogens is 275 g/mol. The Morgan fingerprint density at radius 1 is 1.33 bits per heavy atom. The van der Waals surface area contributed by atoms with Gasteiger partial charge in [-0.3, -0.25) is 0 Å². The van der Waals surface area contributed by atoms with Crippen LogP contribution in [-0.4, -0.2) is 20.1 Å². The molecule has 4 heteroatoms. The van der Waals surface area contributed by atoms with Crippen molar-refractivity contribution in [2.24, 2.45) is 0 Å². The van der Waals surface area contributed by atoms with Crippen molar-refractivity contribution < 1.29 is 0 Å². The van der Waals surface area contributed by atoms with Crippen LogP contribution in [0.4, 0.5) is 0 Å². The van der Waals surface area contributed by atoms with Crippen LogP contribution in [0.3, 0.4) is 0 Å². The summed E-state index contributed by atoms with van der Waals surface area (Å²) in [5.74, 6) is 0. The van der Waals surface area contributed by atoms with Crippen LogP contribution in [0, 0.1) is 0 Å². The quantitative estimate of drug-likeness (QED) is 0.788. The molecule has 0 aliphatic carbocycles. The molecule has 15 heavy (non-hydrogen) atoms. The molecule has 0 aliphatic rings. The summed E-state index contributed by atoms with van der Waals surface area (Å²) in [4.78, 5) is 0. The van der Waals surface area contributed by atoms with E-state index in [2.05, 4.69) is 26.6 Å². The van der Waals surface area contributed by atoms with Gasteiger partial charge < -0.3 is 10.6 Å². The zero-order valence-corrected chi connectivity index (χ0v) is 11.2. The van der Waals surface area contributed by atoms with Crippen LogP contribution in [0.15, 0.2) is 22.7 Å². The highest BCUT2D eigenvalue weighted by Gasteiger charge is 1.99. The Morgan fingerprint density at radius 2 is 2.13 bits per heavy atom. The maximum atomic E-state index is 5.86. The monoisotopic (exact) mass is 290 g/mol. The third kappa shape index (κ3) is 4.98. The van der Waals surface area contributed by atoms with E-state index in [4.69, 9.17) is 11.6 Å². The SMILES string of the molecule is CNCCCNCc1ccc(Cl)cc1Br. The van der Waals surface area contributed by atoms with Gasteiger partial charge in [-0.1, -0.05) is 33.6 Å². The number of hydrogen-bond acceptors (Lipinski definition) is 2. The molecule has 0 saturated carbocycles. The van der Waals surface area contributed by atoms with E-state index in [1.54, 1.807) is 0 Å². The van der Waals surface area contributed by atoms with Gasteiger partial charge in [-0.15, -0.1) is 0 Å². The Balaban J connectivity index is 2.31. The lowest BCUT2D eigenvalue weighted by molar-refractivity contribution is 0.624. The zero-order chi connectivity index (χ0) is 11.1. The van der Waals surface area contributed by atoms with Crippen LogP contribution in [0.1, 0.15) is 12.0 Å². The van der Waals surface area contributed by atoms with Gasteiger partial charge in [0, 0.05) is 16.0 Å². The summed E-state index contributed by atoms with van der Waals surface area (Å²) in [6, 6.07) is 5.88. The first-order valence-corrected chi connectivity index (χ1v) is 6.20. The Bertz CT molecular complexity index is 305. The molecule has 0 saturated heterocycles. The van der Waals surface area contributed by atoms with Crippen molar-refractivity contribution in [1.82, 2.24) is 10.6 Å². The average molecular weight is 292 g/mol. The first-order valence-electron chi connectivity index (χ1n) is 5.03. The number of hydrogen-bond donors (Lipinski definition) is 2. The zero-order valence-electron chi connectivity index (χ0n) is 8.82. The van der Waals surface area contributed by atoms with E-state index in [1.807, 2.05) is 25.2 Å². The second kappa shape index (κ2) is 7.23. The van der Waals surface area contributed by atoms with Gasteiger partial charge in [0.25, 0.3) is 0 Å². The highest BCUT2D eigenvalue weighted by atomic mass is 79.9. The van der Waals surface area contributed by atoms with Crippen LogP contribution in [0.25, 0.3) is 0 Å². The first-order chi connectivity index (χ1) is 7.24. The van der Waals surface area contributed by atoms with Crippen LogP contribution in [-0.2, 0) is 6.54 Å². The van der Waals surface area contributed by atoms with Gasteiger partial charge in [-0.25, -0.2) is 0 Å². The average Bonchev–Trinajstić information content (AvgIpc) is 2.20. The van der Waals surface area contributed by atoms with E-state index in [9.17, 15) is 0 Å². The molecule has 0 spiro atoms. The van der Waals surface area contributed by atoms with E-state index in [0.29, 0.717) is 0 Å². The predicted octanol–water partition coefficient (Wildman–Crippen LogP) is 2.80. The molecule has 84 valence electrons. The van der Waals surface area contributed by atoms with E-state index in [-0.39, 0.29) is 0 Å². The van der Waals surface area contributed by atoms with Crippen molar-refractivity contribution in [2.45, 2.75) is 13.0 Å². The third-order valence-electron chi connectivity index (χ3n) is 2.11. The standard InChI is InChI=1S/C11H16BrClN2/c1-14-5-2-6-15-8-9-3-4-10(13)7-11(9)12/h3-4,7,14-15H,2,5-6,8H2,1H3. The van der Waals surface area contributed by atoms with Gasteiger partial charge in [-0.05, 0) is 44.3 Å². The highest BCUT2D eigenvalue weighted by molar-refractivity contribution is 9.10. The largest absolute Gasteiger partial charge is 0.320 e. The molecule has 0 radical (unpaired) electrons. The first kappa shape index (κ1) is 13.0. The molecule has 2 nitrogen and oxygen atoms in total. The minimum Gasteiger partial charge on any atom is -0.320 e. The normalized spacial score (nSPS) is 10.6. The molecule has 0 amide bonds. The van der Waals surface area contributed by atoms with Gasteiger partial charge in [0.2, 0.25) is 0 Å². The van der Waals surface area contributed by atoms with Crippen molar-refractivity contribution in [3.8, 4) is 0 Å². The van der Waals surface area contributed by atoms with E-state index in [0.717, 1.165) is 35.6 Å². The highest BCUT2D eigenvalue weighted by Crippen LogP contribution is 2.21. The molecule has 0 heterocycles. The number of benzene rings is 1. The van der Waals surface area contributed by atoms with Gasteiger partial charge in [0.1, 0.15) is 0 Å². The number of nitrogens with one attached hydrogen (secondary N) is 2. The topological polar surface area (TPSA) is 24.1 Å². The summed E-state index contributed by atoms with van der Waals surface area (Å²) >= 11 is 9.35. The van der Waals surface area contributed by atoms with E-state index >= 15 is 0 Å².